The molecule has 0 nitrogen and oxygen atoms in total. The predicted molar refractivity (Wildman–Crippen MR) is 54.1 cm³/mol. The third kappa shape index (κ3) is 1.49. The van der Waals surface area contributed by atoms with Crippen molar-refractivity contribution >= 4 is 29.1 Å². The van der Waals surface area contributed by atoms with Gasteiger partial charge in [-0.15, -0.1) is 22.8 Å². The Bertz CT molecular complexity index is 115. The first-order valence-electron chi connectivity index (χ1n) is 3.93. The van der Waals surface area contributed by atoms with Gasteiger partial charge in [0.25, 0.3) is 0 Å². The van der Waals surface area contributed by atoms with E-state index < -0.39 is 0 Å². The minimum Gasteiger partial charge on any atom is -0.119 e. The number of hydrogen-bond donors (Lipinski definition) is 0. The Morgan fingerprint density at radius 2 is 1.60 bits per heavy atom. The van der Waals surface area contributed by atoms with Gasteiger partial charge in [-0.3, -0.25) is 0 Å². The van der Waals surface area contributed by atoms with Gasteiger partial charge in [0.15, 0.2) is 0 Å². The second-order valence-electron chi connectivity index (χ2n) is 3.01. The van der Waals surface area contributed by atoms with Gasteiger partial charge in [-0.25, -0.2) is 0 Å². The normalized spacial score (nSPS) is 47.1. The molecule has 2 atom stereocenters. The van der Waals surface area contributed by atoms with Gasteiger partial charge in [0, 0.05) is 16.8 Å². The average Bonchev–Trinajstić information content (AvgIpc) is 2.27. The number of hydrogen-bond acceptors (Lipinski definition) is 2. The zero-order chi connectivity index (χ0) is 6.97. The van der Waals surface area contributed by atoms with Crippen LogP contribution in [-0.2, 0) is 0 Å². The average molecular weight is 192 g/mol. The van der Waals surface area contributed by atoms with Gasteiger partial charge in [0.2, 0.25) is 0 Å². The molecule has 0 aromatic rings. The maximum absolute atomic E-state index is 2.42. The van der Waals surface area contributed by atoms with Crippen molar-refractivity contribution in [3.8, 4) is 0 Å². The summed E-state index contributed by atoms with van der Waals surface area (Å²) in [5.74, 6) is 0. The SMILES string of the molecule is CP1SC2CCCCC2S1. The van der Waals surface area contributed by atoms with Crippen molar-refractivity contribution in [2.45, 2.75) is 36.2 Å². The van der Waals surface area contributed by atoms with E-state index in [9.17, 15) is 0 Å². The first kappa shape index (κ1) is 7.76. The van der Waals surface area contributed by atoms with Gasteiger partial charge in [-0.05, 0) is 19.5 Å². The largest absolute Gasteiger partial charge is 0.119 e. The number of fused-ring (bicyclic) bond motifs is 1. The molecule has 0 radical (unpaired) electrons. The molecule has 10 heavy (non-hydrogen) atoms. The molecule has 0 aromatic carbocycles. The van der Waals surface area contributed by atoms with Crippen LogP contribution in [0.3, 0.4) is 0 Å². The zero-order valence-corrected chi connectivity index (χ0v) is 8.77. The highest BCUT2D eigenvalue weighted by Crippen LogP contribution is 2.71. The van der Waals surface area contributed by atoms with E-state index in [1.165, 1.54) is 25.7 Å². The minimum atomic E-state index is 0.318. The molecular formula is C7H13PS2. The van der Waals surface area contributed by atoms with E-state index in [0.717, 1.165) is 10.5 Å². The van der Waals surface area contributed by atoms with Gasteiger partial charge in [-0.2, -0.15) is 0 Å². The third-order valence-corrected chi connectivity index (χ3v) is 9.60. The topological polar surface area (TPSA) is 0 Å². The minimum absolute atomic E-state index is 0.318. The quantitative estimate of drug-likeness (QED) is 0.536. The Kier molecular flexibility index (Phi) is 2.52. The Balaban J connectivity index is 1.97. The van der Waals surface area contributed by atoms with Crippen LogP contribution < -0.4 is 0 Å². The van der Waals surface area contributed by atoms with Crippen molar-refractivity contribution in [2.75, 3.05) is 6.66 Å². The smallest absolute Gasteiger partial charge is 0.0219 e. The molecule has 2 aliphatic rings. The molecule has 1 saturated heterocycles. The summed E-state index contributed by atoms with van der Waals surface area (Å²) in [5, 5.41) is 2.10. The molecule has 0 aromatic heterocycles. The van der Waals surface area contributed by atoms with Crippen molar-refractivity contribution < 1.29 is 0 Å². The van der Waals surface area contributed by atoms with Crippen molar-refractivity contribution in [1.29, 1.82) is 0 Å². The first-order valence-corrected chi connectivity index (χ1v) is 8.69. The molecule has 1 aliphatic heterocycles. The van der Waals surface area contributed by atoms with Crippen LogP contribution in [0.25, 0.3) is 0 Å². The molecule has 0 bridgehead atoms. The fourth-order valence-corrected chi connectivity index (χ4v) is 10.8. The van der Waals surface area contributed by atoms with Crippen molar-refractivity contribution in [1.82, 2.24) is 0 Å². The molecular weight excluding hydrogens is 179 g/mol. The Labute approximate surface area is 72.2 Å². The maximum Gasteiger partial charge on any atom is 0.0219 e. The molecule has 58 valence electrons. The lowest BCUT2D eigenvalue weighted by Crippen LogP contribution is -2.19. The van der Waals surface area contributed by atoms with Gasteiger partial charge < -0.3 is 0 Å². The fraction of sp³-hybridized carbons (Fsp3) is 1.00. The molecule has 0 amide bonds. The van der Waals surface area contributed by atoms with Crippen LogP contribution in [-0.4, -0.2) is 17.2 Å². The molecule has 2 rings (SSSR count). The van der Waals surface area contributed by atoms with Crippen molar-refractivity contribution in [3.63, 3.8) is 0 Å². The summed E-state index contributed by atoms with van der Waals surface area (Å²) in [5.41, 5.74) is 0. The fourth-order valence-electron chi connectivity index (χ4n) is 1.71. The molecule has 0 spiro atoms. The van der Waals surface area contributed by atoms with E-state index in [1.807, 2.05) is 0 Å². The molecule has 1 heterocycles. The summed E-state index contributed by atoms with van der Waals surface area (Å²) in [7, 11) is 0. The van der Waals surface area contributed by atoms with Gasteiger partial charge in [0.05, 0.1) is 0 Å². The van der Waals surface area contributed by atoms with E-state index >= 15 is 0 Å². The number of rotatable bonds is 0. The van der Waals surface area contributed by atoms with Crippen LogP contribution in [0.2, 0.25) is 0 Å². The van der Waals surface area contributed by atoms with Gasteiger partial charge in [-0.1, -0.05) is 12.8 Å². The van der Waals surface area contributed by atoms with Crippen LogP contribution in [0, 0.1) is 0 Å². The maximum atomic E-state index is 2.42. The third-order valence-electron chi connectivity index (χ3n) is 2.21. The van der Waals surface area contributed by atoms with E-state index in [0.29, 0.717) is 6.33 Å². The highest BCUT2D eigenvalue weighted by atomic mass is 33.1. The van der Waals surface area contributed by atoms with Crippen molar-refractivity contribution in [3.05, 3.63) is 0 Å². The molecule has 1 aliphatic carbocycles. The van der Waals surface area contributed by atoms with E-state index in [-0.39, 0.29) is 0 Å². The van der Waals surface area contributed by atoms with Crippen LogP contribution in [0.5, 0.6) is 0 Å². The van der Waals surface area contributed by atoms with Gasteiger partial charge in [0.1, 0.15) is 0 Å². The van der Waals surface area contributed by atoms with Crippen molar-refractivity contribution in [2.24, 2.45) is 0 Å². The summed E-state index contributed by atoms with van der Waals surface area (Å²) >= 11 is 4.55. The van der Waals surface area contributed by atoms with Crippen LogP contribution in [0.1, 0.15) is 25.7 Å². The molecule has 1 saturated carbocycles. The highest BCUT2D eigenvalue weighted by molar-refractivity contribution is 8.90. The molecule has 2 fully saturated rings. The second-order valence-corrected chi connectivity index (χ2v) is 10.8. The molecule has 0 N–H and O–H groups in total. The molecule has 3 heteroatoms. The van der Waals surface area contributed by atoms with E-state index in [1.54, 1.807) is 0 Å². The lowest BCUT2D eigenvalue weighted by Gasteiger charge is -2.21. The van der Waals surface area contributed by atoms with E-state index in [2.05, 4.69) is 29.4 Å². The Morgan fingerprint density at radius 1 is 1.10 bits per heavy atom. The monoisotopic (exact) mass is 192 g/mol. The van der Waals surface area contributed by atoms with Crippen LogP contribution in [0.4, 0.5) is 0 Å². The first-order chi connectivity index (χ1) is 4.86. The lowest BCUT2D eigenvalue weighted by atomic mass is 10.00. The highest BCUT2D eigenvalue weighted by Gasteiger charge is 2.34. The van der Waals surface area contributed by atoms with Crippen LogP contribution >= 0.6 is 29.1 Å². The van der Waals surface area contributed by atoms with E-state index in [4.69, 9.17) is 0 Å². The predicted octanol–water partition coefficient (Wildman–Crippen LogP) is 3.72. The summed E-state index contributed by atoms with van der Waals surface area (Å²) in [6.07, 6.45) is 6.33. The van der Waals surface area contributed by atoms with Crippen LogP contribution in [0.15, 0.2) is 0 Å². The standard InChI is InChI=1S/C7H13PS2/c1-8-9-6-4-2-3-5-7(6)10-8/h6-7H,2-5H2,1H3. The lowest BCUT2D eigenvalue weighted by molar-refractivity contribution is 0.532. The molecule has 2 unspecified atom stereocenters. The summed E-state index contributed by atoms with van der Waals surface area (Å²) in [6, 6.07) is 0. The summed E-state index contributed by atoms with van der Waals surface area (Å²) in [4.78, 5) is 0. The zero-order valence-electron chi connectivity index (χ0n) is 6.25. The summed E-state index contributed by atoms with van der Waals surface area (Å²) < 4.78 is 0. The Hall–Kier alpha value is 1.13. The van der Waals surface area contributed by atoms with Gasteiger partial charge >= 0.3 is 0 Å². The summed E-state index contributed by atoms with van der Waals surface area (Å²) in [6.45, 7) is 2.42. The second kappa shape index (κ2) is 3.25. The Morgan fingerprint density at radius 3 is 2.10 bits per heavy atom.